The molecule has 0 unspecified atom stereocenters. The minimum Gasteiger partial charge on any atom is -0.399 e. The van der Waals surface area contributed by atoms with Crippen molar-refractivity contribution in [2.24, 2.45) is 0 Å². The molecule has 1 rings (SSSR count). The molecular weight excluding hydrogens is 244 g/mol. The summed E-state index contributed by atoms with van der Waals surface area (Å²) in [5, 5.41) is 0. The van der Waals surface area contributed by atoms with Gasteiger partial charge in [-0.05, 0) is 24.0 Å². The third-order valence-electron chi connectivity index (χ3n) is 1.94. The van der Waals surface area contributed by atoms with E-state index in [4.69, 9.17) is 5.73 Å². The van der Waals surface area contributed by atoms with E-state index in [9.17, 15) is 8.42 Å². The van der Waals surface area contributed by atoms with E-state index in [1.54, 1.807) is 36.0 Å². The van der Waals surface area contributed by atoms with Crippen LogP contribution in [0.25, 0.3) is 0 Å². The second-order valence-corrected chi connectivity index (χ2v) is 6.18. The molecule has 0 aliphatic heterocycles. The molecule has 1 aromatic rings. The van der Waals surface area contributed by atoms with Crippen LogP contribution in [-0.2, 0) is 15.8 Å². The first-order chi connectivity index (χ1) is 7.53. The fraction of sp³-hybridized carbons (Fsp3) is 0.400. The Balaban J connectivity index is 2.59. The molecule has 0 saturated carbocycles. The van der Waals surface area contributed by atoms with E-state index in [0.717, 1.165) is 5.75 Å². The topological polar surface area (TPSA) is 72.2 Å². The van der Waals surface area contributed by atoms with Crippen molar-refractivity contribution in [1.82, 2.24) is 4.72 Å². The molecule has 0 saturated heterocycles. The highest BCUT2D eigenvalue weighted by molar-refractivity contribution is 7.98. The molecule has 0 aliphatic rings. The quantitative estimate of drug-likeness (QED) is 0.592. The third-order valence-corrected chi connectivity index (χ3v) is 3.91. The number of thioether (sulfide) groups is 1. The highest BCUT2D eigenvalue weighted by atomic mass is 32.2. The van der Waals surface area contributed by atoms with Gasteiger partial charge in [0.2, 0.25) is 10.0 Å². The second kappa shape index (κ2) is 6.12. The van der Waals surface area contributed by atoms with Gasteiger partial charge >= 0.3 is 0 Å². The second-order valence-electron chi connectivity index (χ2n) is 3.39. The van der Waals surface area contributed by atoms with Gasteiger partial charge in [0.15, 0.2) is 0 Å². The Morgan fingerprint density at radius 2 is 2.19 bits per heavy atom. The summed E-state index contributed by atoms with van der Waals surface area (Å²) in [6.45, 7) is 0.464. The molecule has 0 aromatic heterocycles. The lowest BCUT2D eigenvalue weighted by molar-refractivity contribution is 0.583. The zero-order chi connectivity index (χ0) is 12.0. The number of rotatable bonds is 6. The Kier molecular flexibility index (Phi) is 5.11. The number of hydrogen-bond donors (Lipinski definition) is 2. The van der Waals surface area contributed by atoms with Crippen molar-refractivity contribution in [1.29, 1.82) is 0 Å². The Morgan fingerprint density at radius 1 is 1.44 bits per heavy atom. The van der Waals surface area contributed by atoms with Gasteiger partial charge in [0.1, 0.15) is 0 Å². The van der Waals surface area contributed by atoms with Crippen molar-refractivity contribution in [2.75, 3.05) is 24.3 Å². The van der Waals surface area contributed by atoms with Crippen LogP contribution < -0.4 is 10.5 Å². The maximum absolute atomic E-state index is 11.6. The van der Waals surface area contributed by atoms with E-state index < -0.39 is 10.0 Å². The molecule has 0 bridgehead atoms. The average molecular weight is 260 g/mol. The normalized spacial score (nSPS) is 11.6. The molecule has 0 fully saturated rings. The van der Waals surface area contributed by atoms with Gasteiger partial charge in [0, 0.05) is 18.0 Å². The molecule has 0 aliphatic carbocycles. The van der Waals surface area contributed by atoms with Gasteiger partial charge in [-0.1, -0.05) is 12.1 Å². The van der Waals surface area contributed by atoms with Crippen LogP contribution in [0, 0.1) is 0 Å². The van der Waals surface area contributed by atoms with Crippen molar-refractivity contribution in [3.63, 3.8) is 0 Å². The number of nitrogen functional groups attached to an aromatic ring is 1. The van der Waals surface area contributed by atoms with Gasteiger partial charge in [-0.3, -0.25) is 0 Å². The van der Waals surface area contributed by atoms with Crippen LogP contribution >= 0.6 is 11.8 Å². The van der Waals surface area contributed by atoms with Gasteiger partial charge in [-0.2, -0.15) is 11.8 Å². The molecule has 1 aromatic carbocycles. The Labute approximate surface area is 101 Å². The fourth-order valence-corrected chi connectivity index (χ4v) is 2.82. The van der Waals surface area contributed by atoms with E-state index in [1.165, 1.54) is 0 Å². The van der Waals surface area contributed by atoms with Crippen LogP contribution in [-0.4, -0.2) is 27.0 Å². The van der Waals surface area contributed by atoms with E-state index >= 15 is 0 Å². The van der Waals surface area contributed by atoms with Crippen LogP contribution in [0.2, 0.25) is 0 Å². The van der Waals surface area contributed by atoms with Crippen LogP contribution in [0.15, 0.2) is 24.3 Å². The molecule has 0 heterocycles. The molecule has 0 atom stereocenters. The lowest BCUT2D eigenvalue weighted by Crippen LogP contribution is -2.27. The molecule has 90 valence electrons. The number of hydrogen-bond acceptors (Lipinski definition) is 4. The fourth-order valence-electron chi connectivity index (χ4n) is 1.25. The van der Waals surface area contributed by atoms with Crippen molar-refractivity contribution >= 4 is 27.5 Å². The summed E-state index contributed by atoms with van der Waals surface area (Å²) < 4.78 is 25.8. The Bertz CT molecular complexity index is 432. The van der Waals surface area contributed by atoms with Crippen molar-refractivity contribution in [2.45, 2.75) is 5.75 Å². The maximum atomic E-state index is 11.6. The van der Waals surface area contributed by atoms with Gasteiger partial charge in [-0.25, -0.2) is 13.1 Å². The molecular formula is C10H16N2O2S2. The van der Waals surface area contributed by atoms with E-state index in [2.05, 4.69) is 4.72 Å². The van der Waals surface area contributed by atoms with Crippen LogP contribution in [0.4, 0.5) is 5.69 Å². The van der Waals surface area contributed by atoms with Crippen molar-refractivity contribution < 1.29 is 8.42 Å². The molecule has 16 heavy (non-hydrogen) atoms. The number of anilines is 1. The Morgan fingerprint density at radius 3 is 2.81 bits per heavy atom. The lowest BCUT2D eigenvalue weighted by Gasteiger charge is -2.06. The standard InChI is InChI=1S/C10H16N2O2S2/c1-15-6-5-12-16(13,14)8-9-3-2-4-10(11)7-9/h2-4,7,12H,5-6,8,11H2,1H3. The predicted molar refractivity (Wildman–Crippen MR) is 69.9 cm³/mol. The lowest BCUT2D eigenvalue weighted by atomic mass is 10.2. The molecule has 0 spiro atoms. The van der Waals surface area contributed by atoms with E-state index in [1.807, 2.05) is 6.26 Å². The van der Waals surface area contributed by atoms with Crippen LogP contribution in [0.5, 0.6) is 0 Å². The monoisotopic (exact) mass is 260 g/mol. The SMILES string of the molecule is CSCCNS(=O)(=O)Cc1cccc(N)c1. The zero-order valence-corrected chi connectivity index (χ0v) is 10.8. The van der Waals surface area contributed by atoms with Crippen LogP contribution in [0.1, 0.15) is 5.56 Å². The van der Waals surface area contributed by atoms with Gasteiger partial charge in [-0.15, -0.1) is 0 Å². The average Bonchev–Trinajstić information content (AvgIpc) is 2.17. The highest BCUT2D eigenvalue weighted by Crippen LogP contribution is 2.09. The summed E-state index contributed by atoms with van der Waals surface area (Å²) in [6.07, 6.45) is 1.94. The highest BCUT2D eigenvalue weighted by Gasteiger charge is 2.10. The van der Waals surface area contributed by atoms with E-state index in [-0.39, 0.29) is 5.75 Å². The van der Waals surface area contributed by atoms with Gasteiger partial charge in [0.05, 0.1) is 5.75 Å². The van der Waals surface area contributed by atoms with Gasteiger partial charge < -0.3 is 5.73 Å². The smallest absolute Gasteiger partial charge is 0.215 e. The first-order valence-electron chi connectivity index (χ1n) is 4.84. The molecule has 6 heteroatoms. The molecule has 3 N–H and O–H groups in total. The Hall–Kier alpha value is -0.720. The molecule has 0 amide bonds. The number of nitrogens with one attached hydrogen (secondary N) is 1. The summed E-state index contributed by atoms with van der Waals surface area (Å²) in [5.74, 6) is 0.753. The number of benzene rings is 1. The summed E-state index contributed by atoms with van der Waals surface area (Å²) in [7, 11) is -3.24. The number of nitrogens with two attached hydrogens (primary N) is 1. The van der Waals surface area contributed by atoms with Crippen molar-refractivity contribution in [3.05, 3.63) is 29.8 Å². The summed E-state index contributed by atoms with van der Waals surface area (Å²) in [5.41, 5.74) is 6.87. The summed E-state index contributed by atoms with van der Waals surface area (Å²) in [4.78, 5) is 0. The largest absolute Gasteiger partial charge is 0.399 e. The third kappa shape index (κ3) is 4.87. The number of sulfonamides is 1. The minimum atomic E-state index is -3.24. The molecule has 4 nitrogen and oxygen atoms in total. The summed E-state index contributed by atoms with van der Waals surface area (Å²) >= 11 is 1.60. The predicted octanol–water partition coefficient (Wildman–Crippen LogP) is 1.05. The first-order valence-corrected chi connectivity index (χ1v) is 7.89. The van der Waals surface area contributed by atoms with Gasteiger partial charge in [0.25, 0.3) is 0 Å². The van der Waals surface area contributed by atoms with Crippen molar-refractivity contribution in [3.8, 4) is 0 Å². The zero-order valence-electron chi connectivity index (χ0n) is 9.14. The maximum Gasteiger partial charge on any atom is 0.215 e. The molecule has 0 radical (unpaired) electrons. The summed E-state index contributed by atoms with van der Waals surface area (Å²) in [6, 6.07) is 6.91. The van der Waals surface area contributed by atoms with Crippen LogP contribution in [0.3, 0.4) is 0 Å². The minimum absolute atomic E-state index is 0.0214. The first kappa shape index (κ1) is 13.3. The van der Waals surface area contributed by atoms with E-state index in [0.29, 0.717) is 17.8 Å².